The van der Waals surface area contributed by atoms with E-state index in [1.54, 1.807) is 17.5 Å². The average Bonchev–Trinajstić information content (AvgIpc) is 2.50. The molecule has 0 aliphatic rings. The fourth-order valence-electron chi connectivity index (χ4n) is 1.00. The van der Waals surface area contributed by atoms with Gasteiger partial charge in [-0.1, -0.05) is 0 Å². The summed E-state index contributed by atoms with van der Waals surface area (Å²) >= 11 is 6.15. The molecule has 0 radical (unpaired) electrons. The summed E-state index contributed by atoms with van der Waals surface area (Å²) in [7, 11) is 0. The first-order valence-electron chi connectivity index (χ1n) is 3.31. The van der Waals surface area contributed by atoms with Gasteiger partial charge in [0.1, 0.15) is 0 Å². The van der Waals surface area contributed by atoms with Crippen molar-refractivity contribution in [3.63, 3.8) is 0 Å². The number of nitrogens with zero attached hydrogens (tertiary/aromatic N) is 2. The van der Waals surface area contributed by atoms with Crippen molar-refractivity contribution in [1.29, 1.82) is 0 Å². The van der Waals surface area contributed by atoms with Gasteiger partial charge in [0.05, 0.1) is 15.5 Å². The van der Waals surface area contributed by atoms with Crippen LogP contribution in [-0.2, 0) is 0 Å². The summed E-state index contributed by atoms with van der Waals surface area (Å²) in [6, 6.07) is 1.93. The molecule has 0 unspecified atom stereocenters. The zero-order chi connectivity index (χ0) is 8.39. The summed E-state index contributed by atoms with van der Waals surface area (Å²) < 4.78 is 1.13. The molecule has 0 amide bonds. The van der Waals surface area contributed by atoms with Crippen LogP contribution in [0.4, 0.5) is 5.69 Å². The van der Waals surface area contributed by atoms with Crippen molar-refractivity contribution >= 4 is 44.5 Å². The summed E-state index contributed by atoms with van der Waals surface area (Å²) in [5.74, 6) is 0. The molecule has 0 spiro atoms. The number of fused-ring (bicyclic) bond motifs is 1. The van der Waals surface area contributed by atoms with Crippen LogP contribution in [0.25, 0.3) is 10.1 Å². The molecular formula is C8H4N2S2. The maximum absolute atomic E-state index is 4.54. The topological polar surface area (TPSA) is 25.2 Å². The van der Waals surface area contributed by atoms with Crippen LogP contribution in [0.1, 0.15) is 0 Å². The van der Waals surface area contributed by atoms with E-state index in [9.17, 15) is 0 Å². The highest BCUT2D eigenvalue weighted by molar-refractivity contribution is 7.78. The number of isothiocyanates is 1. The van der Waals surface area contributed by atoms with Crippen LogP contribution in [0.15, 0.2) is 28.8 Å². The predicted octanol–water partition coefficient (Wildman–Crippen LogP) is 3.03. The van der Waals surface area contributed by atoms with Gasteiger partial charge in [0.15, 0.2) is 0 Å². The van der Waals surface area contributed by atoms with E-state index in [4.69, 9.17) is 0 Å². The van der Waals surface area contributed by atoms with Gasteiger partial charge in [-0.2, -0.15) is 4.99 Å². The third kappa shape index (κ3) is 1.16. The summed E-state index contributed by atoms with van der Waals surface area (Å²) in [4.78, 5) is 7.95. The van der Waals surface area contributed by atoms with Crippen molar-refractivity contribution < 1.29 is 0 Å². The van der Waals surface area contributed by atoms with E-state index in [1.807, 2.05) is 17.6 Å². The highest BCUT2D eigenvalue weighted by Gasteiger charge is 2.00. The van der Waals surface area contributed by atoms with Crippen LogP contribution in [-0.4, -0.2) is 10.1 Å². The number of aliphatic imine (C=N–C) groups is 1. The maximum atomic E-state index is 4.54. The smallest absolute Gasteiger partial charge is 0.0926 e. The summed E-state index contributed by atoms with van der Waals surface area (Å²) in [6.45, 7) is 0. The second-order valence-electron chi connectivity index (χ2n) is 2.20. The number of thiophene rings is 1. The minimum atomic E-state index is 0.882. The molecule has 0 bridgehead atoms. The molecule has 0 saturated heterocycles. The SMILES string of the molecule is S=C=Nc1csc2cnccc12. The fraction of sp³-hybridized carbons (Fsp3) is 0. The molecule has 0 N–H and O–H groups in total. The second-order valence-corrected chi connectivity index (χ2v) is 3.29. The molecule has 58 valence electrons. The maximum Gasteiger partial charge on any atom is 0.0926 e. The first-order valence-corrected chi connectivity index (χ1v) is 4.59. The van der Waals surface area contributed by atoms with Crippen LogP contribution < -0.4 is 0 Å². The molecule has 2 nitrogen and oxygen atoms in total. The molecule has 12 heavy (non-hydrogen) atoms. The Kier molecular flexibility index (Phi) is 1.96. The van der Waals surface area contributed by atoms with E-state index in [0.717, 1.165) is 15.8 Å². The molecule has 0 fully saturated rings. The molecular weight excluding hydrogens is 188 g/mol. The van der Waals surface area contributed by atoms with Crippen molar-refractivity contribution in [3.8, 4) is 0 Å². The molecule has 2 aromatic rings. The number of pyridine rings is 1. The standard InChI is InChI=1S/C8H4N2S2/c11-5-10-7-4-12-8-3-9-2-1-6(7)8/h1-4H. The summed E-state index contributed by atoms with van der Waals surface area (Å²) in [5, 5.41) is 5.40. The van der Waals surface area contributed by atoms with E-state index in [-0.39, 0.29) is 0 Å². The second kappa shape index (κ2) is 3.11. The zero-order valence-corrected chi connectivity index (χ0v) is 7.65. The number of thiocarbonyl (C=S) groups is 1. The third-order valence-corrected chi connectivity index (χ3v) is 2.54. The number of hydrogen-bond donors (Lipinski definition) is 0. The van der Waals surface area contributed by atoms with Gasteiger partial charge in [-0.05, 0) is 18.3 Å². The van der Waals surface area contributed by atoms with Gasteiger partial charge in [-0.15, -0.1) is 11.3 Å². The Morgan fingerprint density at radius 2 is 2.50 bits per heavy atom. The van der Waals surface area contributed by atoms with Crippen LogP contribution in [0.5, 0.6) is 0 Å². The zero-order valence-electron chi connectivity index (χ0n) is 6.02. The molecule has 2 heterocycles. The van der Waals surface area contributed by atoms with Crippen molar-refractivity contribution in [2.45, 2.75) is 0 Å². The minimum Gasteiger partial charge on any atom is -0.263 e. The summed E-state index contributed by atoms with van der Waals surface area (Å²) in [6.07, 6.45) is 3.57. The molecule has 0 aliphatic heterocycles. The van der Waals surface area contributed by atoms with E-state index in [2.05, 4.69) is 27.4 Å². The van der Waals surface area contributed by atoms with E-state index >= 15 is 0 Å². The Bertz CT molecular complexity index is 455. The first-order chi connectivity index (χ1) is 5.92. The Morgan fingerprint density at radius 1 is 1.58 bits per heavy atom. The molecule has 2 aromatic heterocycles. The number of aromatic nitrogens is 1. The molecule has 2 rings (SSSR count). The van der Waals surface area contributed by atoms with Crippen molar-refractivity contribution in [2.75, 3.05) is 0 Å². The number of rotatable bonds is 1. The van der Waals surface area contributed by atoms with Gasteiger partial charge in [0.25, 0.3) is 0 Å². The van der Waals surface area contributed by atoms with Gasteiger partial charge in [0.2, 0.25) is 0 Å². The van der Waals surface area contributed by atoms with Gasteiger partial charge < -0.3 is 0 Å². The molecule has 4 heteroatoms. The van der Waals surface area contributed by atoms with Gasteiger partial charge in [0, 0.05) is 23.2 Å². The lowest BCUT2D eigenvalue weighted by Crippen LogP contribution is -1.66. The first kappa shape index (κ1) is 7.55. The van der Waals surface area contributed by atoms with Crippen molar-refractivity contribution in [2.24, 2.45) is 4.99 Å². The van der Waals surface area contributed by atoms with Gasteiger partial charge in [-0.25, -0.2) is 0 Å². The Balaban J connectivity index is 2.78. The van der Waals surface area contributed by atoms with Crippen LogP contribution in [0.2, 0.25) is 0 Å². The van der Waals surface area contributed by atoms with E-state index in [1.165, 1.54) is 0 Å². The third-order valence-electron chi connectivity index (χ3n) is 1.52. The highest BCUT2D eigenvalue weighted by atomic mass is 32.1. The van der Waals surface area contributed by atoms with Crippen LogP contribution >= 0.6 is 23.6 Å². The fourth-order valence-corrected chi connectivity index (χ4v) is 1.94. The normalized spacial score (nSPS) is 9.67. The Labute approximate surface area is 78.6 Å². The lowest BCUT2D eigenvalue weighted by Gasteiger charge is -1.86. The monoisotopic (exact) mass is 192 g/mol. The number of hydrogen-bond acceptors (Lipinski definition) is 4. The Morgan fingerprint density at radius 3 is 3.33 bits per heavy atom. The van der Waals surface area contributed by atoms with Crippen molar-refractivity contribution in [3.05, 3.63) is 23.8 Å². The van der Waals surface area contributed by atoms with Crippen molar-refractivity contribution in [1.82, 2.24) is 4.98 Å². The molecule has 0 saturated carbocycles. The average molecular weight is 192 g/mol. The summed E-state index contributed by atoms with van der Waals surface area (Å²) in [5.41, 5.74) is 0.882. The quantitative estimate of drug-likeness (QED) is 0.512. The minimum absolute atomic E-state index is 0.882. The van der Waals surface area contributed by atoms with E-state index in [0.29, 0.717) is 0 Å². The Hall–Kier alpha value is -1.09. The highest BCUT2D eigenvalue weighted by Crippen LogP contribution is 2.30. The lowest BCUT2D eigenvalue weighted by atomic mass is 10.3. The molecule has 0 aliphatic carbocycles. The van der Waals surface area contributed by atoms with E-state index < -0.39 is 0 Å². The van der Waals surface area contributed by atoms with Crippen LogP contribution in [0.3, 0.4) is 0 Å². The molecule has 0 atom stereocenters. The largest absolute Gasteiger partial charge is 0.263 e. The predicted molar refractivity (Wildman–Crippen MR) is 54.3 cm³/mol. The van der Waals surface area contributed by atoms with Crippen LogP contribution in [0, 0.1) is 0 Å². The van der Waals surface area contributed by atoms with Gasteiger partial charge >= 0.3 is 0 Å². The lowest BCUT2D eigenvalue weighted by molar-refractivity contribution is 1.37. The molecule has 0 aromatic carbocycles. The van der Waals surface area contributed by atoms with Gasteiger partial charge in [-0.3, -0.25) is 4.98 Å².